The minimum atomic E-state index is -0.0922. The van der Waals surface area contributed by atoms with Gasteiger partial charge < -0.3 is 9.88 Å². The fourth-order valence-corrected chi connectivity index (χ4v) is 3.57. The zero-order valence-electron chi connectivity index (χ0n) is 15.5. The van der Waals surface area contributed by atoms with Crippen LogP contribution in [0.4, 0.5) is 0 Å². The minimum Gasteiger partial charge on any atom is -0.346 e. The summed E-state index contributed by atoms with van der Waals surface area (Å²) >= 11 is 0. The average molecular weight is 358 g/mol. The van der Waals surface area contributed by atoms with Gasteiger partial charge in [-0.3, -0.25) is 9.78 Å². The van der Waals surface area contributed by atoms with Gasteiger partial charge in [0.15, 0.2) is 0 Å². The molecule has 0 saturated heterocycles. The Kier molecular flexibility index (Phi) is 4.59. The van der Waals surface area contributed by atoms with Crippen molar-refractivity contribution in [2.45, 2.75) is 32.7 Å². The highest BCUT2D eigenvalue weighted by Gasteiger charge is 2.22. The van der Waals surface area contributed by atoms with E-state index in [1.165, 1.54) is 11.1 Å². The molecule has 5 heteroatoms. The number of rotatable bonds is 4. The summed E-state index contributed by atoms with van der Waals surface area (Å²) in [5.74, 6) is -0.0922. The number of aromatic nitrogens is 3. The number of amides is 1. The summed E-state index contributed by atoms with van der Waals surface area (Å²) in [7, 11) is 0. The summed E-state index contributed by atoms with van der Waals surface area (Å²) in [6.07, 6.45) is 10.8. The van der Waals surface area contributed by atoms with Crippen molar-refractivity contribution in [1.82, 2.24) is 19.9 Å². The molecule has 0 bridgehead atoms. The van der Waals surface area contributed by atoms with Gasteiger partial charge in [-0.1, -0.05) is 24.3 Å². The topological polar surface area (TPSA) is 59.8 Å². The molecule has 27 heavy (non-hydrogen) atoms. The lowest BCUT2D eigenvalue weighted by atomic mass is 10.1. The van der Waals surface area contributed by atoms with Gasteiger partial charge in [0.1, 0.15) is 0 Å². The molecule has 1 aromatic carbocycles. The van der Waals surface area contributed by atoms with Gasteiger partial charge in [0.05, 0.1) is 35.6 Å². The first kappa shape index (κ1) is 17.2. The maximum absolute atomic E-state index is 12.3. The van der Waals surface area contributed by atoms with E-state index in [1.807, 2.05) is 42.8 Å². The lowest BCUT2D eigenvalue weighted by molar-refractivity contribution is -0.117. The maximum Gasteiger partial charge on any atom is 0.244 e. The molecule has 1 atom stereocenters. The van der Waals surface area contributed by atoms with Crippen LogP contribution in [-0.4, -0.2) is 20.4 Å². The number of imidazole rings is 1. The summed E-state index contributed by atoms with van der Waals surface area (Å²) < 4.78 is 1.95. The highest BCUT2D eigenvalue weighted by atomic mass is 16.1. The summed E-state index contributed by atoms with van der Waals surface area (Å²) in [6.45, 7) is 3.98. The molecule has 0 fully saturated rings. The van der Waals surface area contributed by atoms with Crippen molar-refractivity contribution in [1.29, 1.82) is 0 Å². The number of nitrogens with zero attached hydrogens (tertiary/aromatic N) is 3. The van der Waals surface area contributed by atoms with E-state index < -0.39 is 0 Å². The van der Waals surface area contributed by atoms with Gasteiger partial charge in [0.2, 0.25) is 5.91 Å². The summed E-state index contributed by atoms with van der Waals surface area (Å²) in [6, 6.07) is 10.4. The number of fused-ring (bicyclic) bond motifs is 1. The molecule has 2 aromatic heterocycles. The molecule has 1 aliphatic carbocycles. The first-order valence-corrected chi connectivity index (χ1v) is 9.14. The molecule has 0 aliphatic heterocycles. The number of benzene rings is 1. The smallest absolute Gasteiger partial charge is 0.244 e. The van der Waals surface area contributed by atoms with Crippen molar-refractivity contribution in [2.24, 2.45) is 0 Å². The highest BCUT2D eigenvalue weighted by molar-refractivity contribution is 5.91. The zero-order valence-corrected chi connectivity index (χ0v) is 15.5. The number of pyridine rings is 1. The van der Waals surface area contributed by atoms with E-state index in [0.717, 1.165) is 35.5 Å². The van der Waals surface area contributed by atoms with E-state index in [2.05, 4.69) is 27.4 Å². The Hall–Kier alpha value is -3.21. The quantitative estimate of drug-likeness (QED) is 0.724. The summed E-state index contributed by atoms with van der Waals surface area (Å²) in [5, 5.41) is 3.09. The molecule has 0 spiro atoms. The van der Waals surface area contributed by atoms with Gasteiger partial charge in [-0.25, -0.2) is 4.98 Å². The Morgan fingerprint density at radius 1 is 1.26 bits per heavy atom. The van der Waals surface area contributed by atoms with Crippen molar-refractivity contribution in [3.05, 3.63) is 83.2 Å². The summed E-state index contributed by atoms with van der Waals surface area (Å²) in [4.78, 5) is 21.0. The second-order valence-electron chi connectivity index (χ2n) is 6.95. The van der Waals surface area contributed by atoms with Crippen molar-refractivity contribution in [3.63, 3.8) is 0 Å². The van der Waals surface area contributed by atoms with Gasteiger partial charge in [-0.2, -0.15) is 0 Å². The van der Waals surface area contributed by atoms with Crippen LogP contribution in [0.3, 0.4) is 0 Å². The van der Waals surface area contributed by atoms with Gasteiger partial charge in [-0.05, 0) is 55.5 Å². The molecule has 0 saturated carbocycles. The van der Waals surface area contributed by atoms with Crippen molar-refractivity contribution >= 4 is 12.0 Å². The van der Waals surface area contributed by atoms with Gasteiger partial charge in [-0.15, -0.1) is 0 Å². The van der Waals surface area contributed by atoms with Crippen LogP contribution in [0, 0.1) is 13.8 Å². The number of nitrogens with one attached hydrogen (secondary N) is 1. The van der Waals surface area contributed by atoms with Gasteiger partial charge >= 0.3 is 0 Å². The van der Waals surface area contributed by atoms with E-state index in [4.69, 9.17) is 0 Å². The number of aryl methyl sites for hydroxylation is 3. The number of carbonyl (C=O) groups is 1. The number of hydrogen-bond donors (Lipinski definition) is 1. The SMILES string of the molecule is Cc1cn(-c2cnc(/C=C/C(=O)NC3CCc4ccccc43)cc2C)cn1. The van der Waals surface area contributed by atoms with Crippen LogP contribution >= 0.6 is 0 Å². The molecule has 4 rings (SSSR count). The third-order valence-electron chi connectivity index (χ3n) is 4.95. The Labute approximate surface area is 158 Å². The van der Waals surface area contributed by atoms with Crippen LogP contribution in [0.15, 0.2) is 55.1 Å². The van der Waals surface area contributed by atoms with Crippen molar-refractivity contribution in [2.75, 3.05) is 0 Å². The third-order valence-corrected chi connectivity index (χ3v) is 4.95. The molecule has 3 aromatic rings. The normalized spacial score (nSPS) is 15.9. The molecule has 1 N–H and O–H groups in total. The largest absolute Gasteiger partial charge is 0.346 e. The van der Waals surface area contributed by atoms with Gasteiger partial charge in [0, 0.05) is 12.3 Å². The fourth-order valence-electron chi connectivity index (χ4n) is 3.57. The molecule has 136 valence electrons. The van der Waals surface area contributed by atoms with Crippen LogP contribution < -0.4 is 5.32 Å². The molecule has 1 amide bonds. The maximum atomic E-state index is 12.3. The molecular formula is C22H22N4O. The van der Waals surface area contributed by atoms with E-state index in [9.17, 15) is 4.79 Å². The summed E-state index contributed by atoms with van der Waals surface area (Å²) in [5.41, 5.74) is 6.34. The molecular weight excluding hydrogens is 336 g/mol. The van der Waals surface area contributed by atoms with E-state index >= 15 is 0 Å². The average Bonchev–Trinajstić information content (AvgIpc) is 3.27. The minimum absolute atomic E-state index is 0.0922. The van der Waals surface area contributed by atoms with Gasteiger partial charge in [0.25, 0.3) is 0 Å². The predicted molar refractivity (Wildman–Crippen MR) is 106 cm³/mol. The lowest BCUT2D eigenvalue weighted by Gasteiger charge is -2.12. The first-order valence-electron chi connectivity index (χ1n) is 9.14. The Balaban J connectivity index is 1.44. The highest BCUT2D eigenvalue weighted by Crippen LogP contribution is 2.30. The Bertz CT molecular complexity index is 1020. The van der Waals surface area contributed by atoms with E-state index in [1.54, 1.807) is 24.7 Å². The fraction of sp³-hybridized carbons (Fsp3) is 0.227. The standard InChI is InChI=1S/C22H22N4O/c1-15-11-18(23-12-21(15)26-13-16(2)24-14-26)8-10-22(27)25-20-9-7-17-5-3-4-6-19(17)20/h3-6,8,10-14,20H,7,9H2,1-2H3,(H,25,27)/b10-8+. The Morgan fingerprint density at radius 3 is 2.89 bits per heavy atom. The van der Waals surface area contributed by atoms with Crippen LogP contribution in [-0.2, 0) is 11.2 Å². The van der Waals surface area contributed by atoms with Crippen LogP contribution in [0.5, 0.6) is 0 Å². The van der Waals surface area contributed by atoms with Crippen molar-refractivity contribution in [3.8, 4) is 5.69 Å². The monoisotopic (exact) mass is 358 g/mol. The number of carbonyl (C=O) groups excluding carboxylic acids is 1. The predicted octanol–water partition coefficient (Wildman–Crippen LogP) is 3.70. The number of hydrogen-bond acceptors (Lipinski definition) is 3. The Morgan fingerprint density at radius 2 is 2.11 bits per heavy atom. The molecule has 1 aliphatic rings. The van der Waals surface area contributed by atoms with Crippen LogP contribution in [0.1, 0.15) is 40.5 Å². The second-order valence-corrected chi connectivity index (χ2v) is 6.95. The van der Waals surface area contributed by atoms with Crippen LogP contribution in [0.25, 0.3) is 11.8 Å². The second kappa shape index (κ2) is 7.19. The molecule has 5 nitrogen and oxygen atoms in total. The zero-order chi connectivity index (χ0) is 18.8. The lowest BCUT2D eigenvalue weighted by Crippen LogP contribution is -2.25. The molecule has 2 heterocycles. The van der Waals surface area contributed by atoms with Crippen LogP contribution in [0.2, 0.25) is 0 Å². The van der Waals surface area contributed by atoms with E-state index in [-0.39, 0.29) is 11.9 Å². The third kappa shape index (κ3) is 3.67. The first-order chi connectivity index (χ1) is 13.1. The molecule has 1 unspecified atom stereocenters. The van der Waals surface area contributed by atoms with E-state index in [0.29, 0.717) is 0 Å². The van der Waals surface area contributed by atoms with Crippen molar-refractivity contribution < 1.29 is 4.79 Å². The molecule has 0 radical (unpaired) electrons.